The van der Waals surface area contributed by atoms with Crippen LogP contribution in [-0.2, 0) is 10.7 Å². The molecule has 318 valence electrons. The van der Waals surface area contributed by atoms with Gasteiger partial charge < -0.3 is 9.47 Å². The third-order valence-electron chi connectivity index (χ3n) is 13.9. The molecule has 0 aliphatic heterocycles. The smallest absolute Gasteiger partial charge is 0.430 e. The normalized spacial score (nSPS) is 30.9. The predicted molar refractivity (Wildman–Crippen MR) is 180 cm³/mol. The minimum absolute atomic E-state index is 0.0583. The zero-order valence-corrected chi connectivity index (χ0v) is 31.8. The number of halogens is 13. The van der Waals surface area contributed by atoms with E-state index >= 15 is 0 Å². The monoisotopic (exact) mass is 824 g/mol. The fourth-order valence-electron chi connectivity index (χ4n) is 10.7. The molecule has 3 fully saturated rings. The number of hydrogen-bond donors (Lipinski definition) is 0. The van der Waals surface area contributed by atoms with E-state index in [-0.39, 0.29) is 17.5 Å². The number of rotatable bonds is 12. The van der Waals surface area contributed by atoms with Gasteiger partial charge in [-0.15, -0.1) is 0 Å². The van der Waals surface area contributed by atoms with Crippen LogP contribution >= 0.6 is 0 Å². The van der Waals surface area contributed by atoms with E-state index in [9.17, 15) is 61.9 Å². The summed E-state index contributed by atoms with van der Waals surface area (Å²) in [5.74, 6) is -34.5. The van der Waals surface area contributed by atoms with Crippen molar-refractivity contribution in [3.8, 4) is 5.75 Å². The zero-order chi connectivity index (χ0) is 42.1. The molecule has 0 bridgehead atoms. The number of carbonyl (C=O) groups excluding carboxylic acids is 1. The fourth-order valence-corrected chi connectivity index (χ4v) is 10.7. The molecule has 3 nitrogen and oxygen atoms in total. The number of allylic oxidation sites excluding steroid dienone is 1. The van der Waals surface area contributed by atoms with Crippen LogP contribution in [0.1, 0.15) is 111 Å². The molecule has 8 atom stereocenters. The Morgan fingerprint density at radius 2 is 1.36 bits per heavy atom. The van der Waals surface area contributed by atoms with Crippen LogP contribution in [0.5, 0.6) is 5.75 Å². The molecule has 5 rings (SSSR count). The molecule has 3 saturated carbocycles. The second kappa shape index (κ2) is 14.9. The molecule has 0 spiro atoms. The van der Waals surface area contributed by atoms with Gasteiger partial charge in [0.15, 0.2) is 0 Å². The summed E-state index contributed by atoms with van der Waals surface area (Å²) in [7, 11) is 0. The summed E-state index contributed by atoms with van der Waals surface area (Å²) in [5.41, 5.74) is -0.796. The second-order valence-corrected chi connectivity index (χ2v) is 17.5. The zero-order valence-electron chi connectivity index (χ0n) is 31.8. The highest BCUT2D eigenvalue weighted by atomic mass is 19.4. The fraction of sp³-hybridized carbons (Fsp3) is 0.775. The highest BCUT2D eigenvalue weighted by Gasteiger charge is 2.90. The van der Waals surface area contributed by atoms with Gasteiger partial charge in [-0.1, -0.05) is 65.5 Å². The Morgan fingerprint density at radius 1 is 0.750 bits per heavy atom. The molecule has 0 radical (unpaired) electrons. The van der Waals surface area contributed by atoms with E-state index in [1.807, 2.05) is 0 Å². The average molecular weight is 825 g/mol. The van der Waals surface area contributed by atoms with Crippen molar-refractivity contribution in [2.45, 2.75) is 147 Å². The summed E-state index contributed by atoms with van der Waals surface area (Å²) in [4.78, 5) is 12.7. The number of fused-ring (bicyclic) bond motifs is 5. The van der Waals surface area contributed by atoms with Crippen molar-refractivity contribution in [2.75, 3.05) is 0 Å². The number of alkyl halides is 13. The molecular formula is C40H49F13O3. The largest absolute Gasteiger partial charge is 0.514 e. The third kappa shape index (κ3) is 7.20. The molecule has 0 amide bonds. The first-order chi connectivity index (χ1) is 25.6. The van der Waals surface area contributed by atoms with Gasteiger partial charge in [-0.3, -0.25) is 0 Å². The number of hydrogen-bond acceptors (Lipinski definition) is 3. The van der Waals surface area contributed by atoms with E-state index in [0.29, 0.717) is 65.9 Å². The van der Waals surface area contributed by atoms with Crippen LogP contribution in [0.3, 0.4) is 0 Å². The summed E-state index contributed by atoms with van der Waals surface area (Å²) in [6.07, 6.45) is 3.86. The van der Waals surface area contributed by atoms with Gasteiger partial charge in [0.1, 0.15) is 11.9 Å². The lowest BCUT2D eigenvalue weighted by Gasteiger charge is -2.58. The number of carbonyl (C=O) groups is 1. The highest BCUT2D eigenvalue weighted by Crippen LogP contribution is 2.68. The third-order valence-corrected chi connectivity index (χ3v) is 13.9. The maximum absolute atomic E-state index is 14.6. The molecule has 0 saturated heterocycles. The van der Waals surface area contributed by atoms with Crippen molar-refractivity contribution in [1.82, 2.24) is 0 Å². The van der Waals surface area contributed by atoms with Crippen LogP contribution in [-0.4, -0.2) is 42.1 Å². The summed E-state index contributed by atoms with van der Waals surface area (Å²) < 4.78 is 187. The van der Waals surface area contributed by atoms with Gasteiger partial charge in [-0.25, -0.2) is 4.79 Å². The highest BCUT2D eigenvalue weighted by molar-refractivity contribution is 5.64. The summed E-state index contributed by atoms with van der Waals surface area (Å²) in [6, 6.07) is 0.661. The predicted octanol–water partition coefficient (Wildman–Crippen LogP) is 13.8. The lowest BCUT2D eigenvalue weighted by atomic mass is 9.47. The summed E-state index contributed by atoms with van der Waals surface area (Å²) >= 11 is 0. The lowest BCUT2D eigenvalue weighted by molar-refractivity contribution is -0.441. The van der Waals surface area contributed by atoms with Gasteiger partial charge in [-0.2, -0.15) is 57.1 Å². The minimum Gasteiger partial charge on any atom is -0.430 e. The van der Waals surface area contributed by atoms with E-state index in [2.05, 4.69) is 40.7 Å². The SMILES string of the molecule is CC(C)CCC[C@@H](C)[C@H]1CC[C@H]2[C@@H]3CC=C4C[C@@H](OC(=O)Oc5ccc(C(F)(F)C(F)(F)C(F)(F)C(F)(F)C(F)(F)C(F)(F)F)cc5)CC[C@]4(C)[C@H]3CC[C@]12C. The van der Waals surface area contributed by atoms with E-state index in [0.717, 1.165) is 19.3 Å². The van der Waals surface area contributed by atoms with Crippen LogP contribution in [0.15, 0.2) is 35.9 Å². The van der Waals surface area contributed by atoms with E-state index in [1.165, 1.54) is 44.1 Å². The molecule has 1 aromatic carbocycles. The van der Waals surface area contributed by atoms with Gasteiger partial charge in [0, 0.05) is 12.0 Å². The number of benzene rings is 1. The standard InChI is InChI=1S/C40H49F13O3/c1-22(2)7-6-8-23(3)29-15-16-30-28-14-11-25-21-27(17-19-33(25,4)31(28)18-20-34(29,30)5)56-32(54)55-26-12-9-24(10-13-26)35(41,42)36(43,44)37(45,46)38(47,48)39(49,50)40(51,52)53/h9-13,22-23,27-31H,6-8,14-21H2,1-5H3/t23-,27+,28+,29-,30+,31+,33+,34-/m1/s1. The van der Waals surface area contributed by atoms with Crippen LogP contribution in [0.25, 0.3) is 0 Å². The van der Waals surface area contributed by atoms with Gasteiger partial charge in [0.25, 0.3) is 0 Å². The van der Waals surface area contributed by atoms with Crippen LogP contribution < -0.4 is 4.74 Å². The van der Waals surface area contributed by atoms with Gasteiger partial charge >= 0.3 is 41.9 Å². The Labute approximate surface area is 318 Å². The summed E-state index contributed by atoms with van der Waals surface area (Å²) in [5, 5.41) is 0. The van der Waals surface area contributed by atoms with Crippen molar-refractivity contribution in [2.24, 2.45) is 46.3 Å². The first-order valence-corrected chi connectivity index (χ1v) is 19.2. The van der Waals surface area contributed by atoms with Crippen molar-refractivity contribution in [3.63, 3.8) is 0 Å². The average Bonchev–Trinajstić information content (AvgIpc) is 3.45. The van der Waals surface area contributed by atoms with E-state index < -0.39 is 59.4 Å². The Kier molecular flexibility index (Phi) is 11.8. The Hall–Kier alpha value is -2.68. The first-order valence-electron chi connectivity index (χ1n) is 19.2. The summed E-state index contributed by atoms with van der Waals surface area (Å²) in [6.45, 7) is 11.7. The van der Waals surface area contributed by atoms with E-state index in [1.54, 1.807) is 0 Å². The number of ether oxygens (including phenoxy) is 2. The molecule has 0 aromatic heterocycles. The lowest BCUT2D eigenvalue weighted by Crippen LogP contribution is -2.69. The van der Waals surface area contributed by atoms with Gasteiger partial charge in [0.2, 0.25) is 0 Å². The first kappa shape index (κ1) is 44.4. The maximum atomic E-state index is 14.6. The van der Waals surface area contributed by atoms with Crippen LogP contribution in [0, 0.1) is 46.3 Å². The van der Waals surface area contributed by atoms with Crippen molar-refractivity contribution in [3.05, 3.63) is 41.5 Å². The molecule has 56 heavy (non-hydrogen) atoms. The Balaban J connectivity index is 1.20. The molecule has 1 aromatic rings. The molecule has 0 unspecified atom stereocenters. The molecule has 16 heteroatoms. The van der Waals surface area contributed by atoms with E-state index in [4.69, 9.17) is 9.47 Å². The van der Waals surface area contributed by atoms with Gasteiger partial charge in [-0.05, 0) is 116 Å². The molecular weight excluding hydrogens is 775 g/mol. The van der Waals surface area contributed by atoms with Crippen LogP contribution in [0.4, 0.5) is 61.9 Å². The van der Waals surface area contributed by atoms with Crippen molar-refractivity contribution in [1.29, 1.82) is 0 Å². The Bertz CT molecular complexity index is 1600. The quantitative estimate of drug-likeness (QED) is 0.0912. The molecule has 4 aliphatic rings. The molecule has 4 aliphatic carbocycles. The minimum atomic E-state index is -7.99. The van der Waals surface area contributed by atoms with Crippen molar-refractivity contribution >= 4 is 6.16 Å². The Morgan fingerprint density at radius 3 is 1.95 bits per heavy atom. The van der Waals surface area contributed by atoms with Gasteiger partial charge in [0.05, 0.1) is 0 Å². The van der Waals surface area contributed by atoms with Crippen LogP contribution in [0.2, 0.25) is 0 Å². The topological polar surface area (TPSA) is 35.5 Å². The van der Waals surface area contributed by atoms with Crippen molar-refractivity contribution < 1.29 is 71.3 Å². The molecule has 0 heterocycles. The molecule has 0 N–H and O–H groups in total. The maximum Gasteiger partial charge on any atom is 0.514 e. The second-order valence-electron chi connectivity index (χ2n) is 17.5.